The second-order valence-electron chi connectivity index (χ2n) is 3.43. The summed E-state index contributed by atoms with van der Waals surface area (Å²) in [6.45, 7) is 2.37. The van der Waals surface area contributed by atoms with Gasteiger partial charge in [0, 0.05) is 13.1 Å². The van der Waals surface area contributed by atoms with Crippen molar-refractivity contribution in [3.63, 3.8) is 0 Å². The molecule has 2 heteroatoms. The standard InChI is InChI=1S/C9H19NS/c11-10-8-6-4-2-1-3-5-7-9-10/h11H,1-9H2. The molecule has 0 aromatic carbocycles. The van der Waals surface area contributed by atoms with Gasteiger partial charge in [-0.2, -0.15) is 0 Å². The van der Waals surface area contributed by atoms with Gasteiger partial charge >= 0.3 is 0 Å². The molecule has 11 heavy (non-hydrogen) atoms. The van der Waals surface area contributed by atoms with Gasteiger partial charge < -0.3 is 0 Å². The third kappa shape index (κ3) is 4.70. The van der Waals surface area contributed by atoms with Crippen molar-refractivity contribution in [1.29, 1.82) is 0 Å². The largest absolute Gasteiger partial charge is 0.253 e. The van der Waals surface area contributed by atoms with E-state index in [9.17, 15) is 0 Å². The first-order valence-electron chi connectivity index (χ1n) is 4.83. The summed E-state index contributed by atoms with van der Waals surface area (Å²) in [5, 5.41) is 0. The Morgan fingerprint density at radius 2 is 1.00 bits per heavy atom. The fourth-order valence-electron chi connectivity index (χ4n) is 1.58. The lowest BCUT2D eigenvalue weighted by atomic mass is 10.1. The predicted octanol–water partition coefficient (Wildman–Crippen LogP) is 2.88. The third-order valence-corrected chi connectivity index (χ3v) is 2.73. The van der Waals surface area contributed by atoms with Gasteiger partial charge in [0.15, 0.2) is 0 Å². The van der Waals surface area contributed by atoms with Crippen LogP contribution in [0.3, 0.4) is 0 Å². The highest BCUT2D eigenvalue weighted by Crippen LogP contribution is 2.12. The summed E-state index contributed by atoms with van der Waals surface area (Å²) in [6.07, 6.45) is 9.79. The van der Waals surface area contributed by atoms with E-state index < -0.39 is 0 Å². The Kier molecular flexibility index (Phi) is 5.04. The zero-order valence-electron chi connectivity index (χ0n) is 7.26. The molecule has 0 aliphatic carbocycles. The molecule has 0 unspecified atom stereocenters. The summed E-state index contributed by atoms with van der Waals surface area (Å²) in [4.78, 5) is 0. The number of hydrogen-bond acceptors (Lipinski definition) is 2. The molecule has 1 fully saturated rings. The van der Waals surface area contributed by atoms with Crippen molar-refractivity contribution in [2.75, 3.05) is 13.1 Å². The van der Waals surface area contributed by atoms with Crippen LogP contribution >= 0.6 is 12.8 Å². The lowest BCUT2D eigenvalue weighted by molar-refractivity contribution is 0.412. The van der Waals surface area contributed by atoms with Crippen LogP contribution < -0.4 is 0 Å². The van der Waals surface area contributed by atoms with Gasteiger partial charge in [-0.25, -0.2) is 0 Å². The van der Waals surface area contributed by atoms with E-state index in [4.69, 9.17) is 0 Å². The fourth-order valence-corrected chi connectivity index (χ4v) is 1.87. The van der Waals surface area contributed by atoms with Crippen molar-refractivity contribution in [3.8, 4) is 0 Å². The van der Waals surface area contributed by atoms with Crippen LogP contribution in [0.2, 0.25) is 0 Å². The van der Waals surface area contributed by atoms with Crippen LogP contribution in [-0.4, -0.2) is 17.4 Å². The molecule has 1 heterocycles. The van der Waals surface area contributed by atoms with Crippen molar-refractivity contribution in [3.05, 3.63) is 0 Å². The lowest BCUT2D eigenvalue weighted by Gasteiger charge is -2.16. The van der Waals surface area contributed by atoms with Crippen LogP contribution in [0.4, 0.5) is 0 Å². The van der Waals surface area contributed by atoms with Gasteiger partial charge in [0.2, 0.25) is 0 Å². The molecule has 0 aromatic rings. The van der Waals surface area contributed by atoms with E-state index in [1.807, 2.05) is 0 Å². The highest BCUT2D eigenvalue weighted by molar-refractivity contribution is 7.77. The second-order valence-corrected chi connectivity index (χ2v) is 3.99. The van der Waals surface area contributed by atoms with Crippen molar-refractivity contribution in [2.45, 2.75) is 44.9 Å². The summed E-state index contributed by atoms with van der Waals surface area (Å²) in [7, 11) is 0. The molecule has 0 spiro atoms. The first kappa shape index (κ1) is 9.40. The quantitative estimate of drug-likeness (QED) is 0.551. The average Bonchev–Trinajstić information content (AvgIpc) is 2.03. The Labute approximate surface area is 75.7 Å². The highest BCUT2D eigenvalue weighted by Gasteiger charge is 2.01. The molecular weight excluding hydrogens is 154 g/mol. The maximum absolute atomic E-state index is 4.39. The first-order valence-corrected chi connectivity index (χ1v) is 5.23. The van der Waals surface area contributed by atoms with Crippen molar-refractivity contribution in [2.24, 2.45) is 0 Å². The minimum absolute atomic E-state index is 1.18. The Balaban J connectivity index is 2.12. The summed E-state index contributed by atoms with van der Waals surface area (Å²) in [5.41, 5.74) is 0. The molecule has 1 aliphatic heterocycles. The van der Waals surface area contributed by atoms with Gasteiger partial charge in [0.1, 0.15) is 0 Å². The Morgan fingerprint density at radius 3 is 1.45 bits per heavy atom. The molecular formula is C9H19NS. The van der Waals surface area contributed by atoms with Gasteiger partial charge in [-0.3, -0.25) is 4.31 Å². The smallest absolute Gasteiger partial charge is 0.00869 e. The molecule has 0 saturated carbocycles. The molecule has 1 saturated heterocycles. The van der Waals surface area contributed by atoms with E-state index in [-0.39, 0.29) is 0 Å². The van der Waals surface area contributed by atoms with Crippen LogP contribution in [0, 0.1) is 0 Å². The zero-order chi connectivity index (χ0) is 7.94. The predicted molar refractivity (Wildman–Crippen MR) is 52.9 cm³/mol. The number of hydrogen-bond donors (Lipinski definition) is 1. The van der Waals surface area contributed by atoms with Gasteiger partial charge in [0.05, 0.1) is 0 Å². The summed E-state index contributed by atoms with van der Waals surface area (Å²) in [5.74, 6) is 0. The topological polar surface area (TPSA) is 3.24 Å². The maximum atomic E-state index is 4.39. The normalized spacial score (nSPS) is 24.8. The van der Waals surface area contributed by atoms with E-state index in [0.717, 1.165) is 0 Å². The molecule has 1 nitrogen and oxygen atoms in total. The van der Waals surface area contributed by atoms with Crippen molar-refractivity contribution < 1.29 is 0 Å². The Morgan fingerprint density at radius 1 is 0.636 bits per heavy atom. The van der Waals surface area contributed by atoms with Crippen LogP contribution in [0.5, 0.6) is 0 Å². The molecule has 1 rings (SSSR count). The van der Waals surface area contributed by atoms with E-state index in [1.165, 1.54) is 58.0 Å². The third-order valence-electron chi connectivity index (χ3n) is 2.33. The minimum atomic E-state index is 1.18. The maximum Gasteiger partial charge on any atom is 0.00869 e. The number of thiol groups is 1. The second kappa shape index (κ2) is 5.90. The SMILES string of the molecule is SN1CCCCCCCCC1. The van der Waals surface area contributed by atoms with Crippen LogP contribution in [0.25, 0.3) is 0 Å². The van der Waals surface area contributed by atoms with Gasteiger partial charge in [0.25, 0.3) is 0 Å². The fraction of sp³-hybridized carbons (Fsp3) is 1.00. The molecule has 0 bridgehead atoms. The van der Waals surface area contributed by atoms with E-state index >= 15 is 0 Å². The van der Waals surface area contributed by atoms with Crippen LogP contribution in [0.15, 0.2) is 0 Å². The molecule has 0 aromatic heterocycles. The number of nitrogens with zero attached hydrogens (tertiary/aromatic N) is 1. The summed E-state index contributed by atoms with van der Waals surface area (Å²) >= 11 is 4.39. The number of rotatable bonds is 0. The molecule has 0 amide bonds. The van der Waals surface area contributed by atoms with E-state index in [0.29, 0.717) is 0 Å². The van der Waals surface area contributed by atoms with Gasteiger partial charge in [-0.15, -0.1) is 0 Å². The Hall–Kier alpha value is 0.310. The lowest BCUT2D eigenvalue weighted by Crippen LogP contribution is -2.15. The molecule has 0 atom stereocenters. The van der Waals surface area contributed by atoms with E-state index in [1.54, 1.807) is 0 Å². The van der Waals surface area contributed by atoms with Gasteiger partial charge in [-0.1, -0.05) is 44.9 Å². The zero-order valence-corrected chi connectivity index (χ0v) is 8.15. The molecule has 66 valence electrons. The highest BCUT2D eigenvalue weighted by atomic mass is 32.1. The van der Waals surface area contributed by atoms with Crippen molar-refractivity contribution in [1.82, 2.24) is 4.31 Å². The minimum Gasteiger partial charge on any atom is -0.253 e. The van der Waals surface area contributed by atoms with Crippen LogP contribution in [-0.2, 0) is 0 Å². The van der Waals surface area contributed by atoms with Crippen LogP contribution in [0.1, 0.15) is 44.9 Å². The summed E-state index contributed by atoms with van der Waals surface area (Å²) < 4.78 is 2.17. The molecule has 0 N–H and O–H groups in total. The molecule has 1 aliphatic rings. The molecule has 0 radical (unpaired) electrons. The van der Waals surface area contributed by atoms with Gasteiger partial charge in [-0.05, 0) is 12.8 Å². The average molecular weight is 173 g/mol. The monoisotopic (exact) mass is 173 g/mol. The van der Waals surface area contributed by atoms with Crippen molar-refractivity contribution >= 4 is 12.8 Å². The Bertz CT molecular complexity index is 85.6. The first-order chi connectivity index (χ1) is 5.39. The van der Waals surface area contributed by atoms with E-state index in [2.05, 4.69) is 17.1 Å². The summed E-state index contributed by atoms with van der Waals surface area (Å²) in [6, 6.07) is 0.